The average molecular weight is 280 g/mol. The molecule has 0 spiro atoms. The van der Waals surface area contributed by atoms with Gasteiger partial charge in [-0.05, 0) is 17.7 Å². The quantitative estimate of drug-likeness (QED) is 0.628. The number of nitro groups is 1. The van der Waals surface area contributed by atoms with Crippen molar-refractivity contribution in [2.75, 3.05) is 6.54 Å². The second kappa shape index (κ2) is 5.16. The first-order valence-corrected chi connectivity index (χ1v) is 4.95. The molecule has 1 unspecified atom stereocenters. The van der Waals surface area contributed by atoms with Crippen molar-refractivity contribution in [1.29, 1.82) is 0 Å². The van der Waals surface area contributed by atoms with Crippen LogP contribution in [0.4, 0.5) is 8.78 Å². The Bertz CT molecular complexity index is 342. The number of hydrogen-bond donors (Lipinski definition) is 0. The largest absolute Gasteiger partial charge is 0.265 e. The Labute approximate surface area is 93.4 Å². The molecule has 0 fully saturated rings. The summed E-state index contributed by atoms with van der Waals surface area (Å²) in [7, 11) is 0. The van der Waals surface area contributed by atoms with Gasteiger partial charge in [-0.2, -0.15) is 0 Å². The predicted octanol–water partition coefficient (Wildman–Crippen LogP) is 3.07. The molecule has 0 saturated heterocycles. The third-order valence-corrected chi connectivity index (χ3v) is 2.48. The highest BCUT2D eigenvalue weighted by Gasteiger charge is 2.27. The van der Waals surface area contributed by atoms with Crippen LogP contribution >= 0.6 is 15.9 Å². The van der Waals surface area contributed by atoms with Gasteiger partial charge >= 0.3 is 0 Å². The number of benzene rings is 1. The number of rotatable bonds is 4. The highest BCUT2D eigenvalue weighted by Crippen LogP contribution is 2.24. The Balaban J connectivity index is 2.88. The van der Waals surface area contributed by atoms with E-state index >= 15 is 0 Å². The fourth-order valence-corrected chi connectivity index (χ4v) is 1.47. The fourth-order valence-electron chi connectivity index (χ4n) is 1.20. The molecule has 0 aliphatic rings. The lowest BCUT2D eigenvalue weighted by molar-refractivity contribution is -0.485. The summed E-state index contributed by atoms with van der Waals surface area (Å²) in [4.78, 5) is 9.49. The minimum Gasteiger partial charge on any atom is -0.265 e. The van der Waals surface area contributed by atoms with Crippen molar-refractivity contribution in [3.63, 3.8) is 0 Å². The van der Waals surface area contributed by atoms with E-state index in [-0.39, 0.29) is 5.56 Å². The van der Waals surface area contributed by atoms with Gasteiger partial charge in [-0.1, -0.05) is 28.1 Å². The Hall–Kier alpha value is -1.04. The van der Waals surface area contributed by atoms with Crippen LogP contribution in [0.2, 0.25) is 0 Å². The van der Waals surface area contributed by atoms with Crippen molar-refractivity contribution >= 4 is 15.9 Å². The maximum Gasteiger partial charge on any atom is 0.251 e. The fraction of sp³-hybridized carbons (Fsp3) is 0.333. The van der Waals surface area contributed by atoms with E-state index in [0.29, 0.717) is 0 Å². The lowest BCUT2D eigenvalue weighted by Gasteiger charge is -2.11. The second-order valence-corrected chi connectivity index (χ2v) is 3.92. The van der Waals surface area contributed by atoms with Crippen LogP contribution in [0.1, 0.15) is 11.5 Å². The highest BCUT2D eigenvalue weighted by molar-refractivity contribution is 9.10. The van der Waals surface area contributed by atoms with Crippen LogP contribution in [0.3, 0.4) is 0 Å². The average Bonchev–Trinajstić information content (AvgIpc) is 2.15. The maximum absolute atomic E-state index is 12.5. The zero-order valence-corrected chi connectivity index (χ0v) is 9.15. The van der Waals surface area contributed by atoms with Crippen molar-refractivity contribution in [2.45, 2.75) is 12.3 Å². The Morgan fingerprint density at radius 2 is 1.87 bits per heavy atom. The molecule has 0 heterocycles. The number of alkyl halides is 2. The van der Waals surface area contributed by atoms with E-state index in [1.807, 2.05) is 0 Å². The van der Waals surface area contributed by atoms with Crippen LogP contribution in [-0.2, 0) is 0 Å². The Morgan fingerprint density at radius 1 is 1.33 bits per heavy atom. The minimum absolute atomic E-state index is 0.282. The van der Waals surface area contributed by atoms with Gasteiger partial charge < -0.3 is 0 Å². The molecular formula is C9H8BrF2NO2. The van der Waals surface area contributed by atoms with Crippen molar-refractivity contribution in [3.8, 4) is 0 Å². The molecule has 6 heteroatoms. The molecule has 1 rings (SSSR count). The lowest BCUT2D eigenvalue weighted by Crippen LogP contribution is -2.19. The van der Waals surface area contributed by atoms with Crippen LogP contribution in [0.25, 0.3) is 0 Å². The number of halogens is 3. The molecule has 0 aliphatic carbocycles. The van der Waals surface area contributed by atoms with E-state index in [1.165, 1.54) is 12.1 Å². The van der Waals surface area contributed by atoms with Gasteiger partial charge in [0, 0.05) is 9.40 Å². The molecule has 15 heavy (non-hydrogen) atoms. The molecule has 1 aromatic rings. The van der Waals surface area contributed by atoms with Gasteiger partial charge in [0.25, 0.3) is 6.43 Å². The van der Waals surface area contributed by atoms with Gasteiger partial charge in [0.05, 0.1) is 0 Å². The molecule has 1 aromatic carbocycles. The summed E-state index contributed by atoms with van der Waals surface area (Å²) in [5.74, 6) is -1.34. The van der Waals surface area contributed by atoms with Crippen LogP contribution in [0.5, 0.6) is 0 Å². The summed E-state index contributed by atoms with van der Waals surface area (Å²) in [6, 6.07) is 6.10. The summed E-state index contributed by atoms with van der Waals surface area (Å²) < 4.78 is 25.8. The van der Waals surface area contributed by atoms with Crippen molar-refractivity contribution < 1.29 is 13.7 Å². The first kappa shape index (κ1) is 12.0. The highest BCUT2D eigenvalue weighted by atomic mass is 79.9. The number of hydrogen-bond acceptors (Lipinski definition) is 2. The molecular weight excluding hydrogens is 272 g/mol. The standard InChI is InChI=1S/C9H8BrF2NO2/c10-7-3-1-6(2-4-7)8(9(11)12)5-13(14)15/h1-4,8-9H,5H2. The SMILES string of the molecule is O=[N+]([O-])CC(c1ccc(Br)cc1)C(F)F. The van der Waals surface area contributed by atoms with Gasteiger partial charge in [-0.15, -0.1) is 0 Å². The molecule has 0 aromatic heterocycles. The smallest absolute Gasteiger partial charge is 0.251 e. The van der Waals surface area contributed by atoms with Gasteiger partial charge in [0.15, 0.2) is 0 Å². The van der Waals surface area contributed by atoms with E-state index in [0.717, 1.165) is 4.47 Å². The van der Waals surface area contributed by atoms with Crippen LogP contribution in [-0.4, -0.2) is 17.9 Å². The third kappa shape index (κ3) is 3.54. The molecule has 0 N–H and O–H groups in total. The first-order valence-electron chi connectivity index (χ1n) is 4.16. The number of nitrogens with zero attached hydrogens (tertiary/aromatic N) is 1. The summed E-state index contributed by atoms with van der Waals surface area (Å²) in [6.45, 7) is -0.751. The van der Waals surface area contributed by atoms with Crippen molar-refractivity contribution in [1.82, 2.24) is 0 Å². The summed E-state index contributed by atoms with van der Waals surface area (Å²) in [6.07, 6.45) is -2.73. The molecule has 82 valence electrons. The summed E-state index contributed by atoms with van der Waals surface area (Å²) >= 11 is 3.16. The zero-order valence-electron chi connectivity index (χ0n) is 7.57. The van der Waals surface area contributed by atoms with E-state index in [4.69, 9.17) is 0 Å². The summed E-state index contributed by atoms with van der Waals surface area (Å²) in [5, 5.41) is 10.2. The van der Waals surface area contributed by atoms with Gasteiger partial charge in [0.2, 0.25) is 6.54 Å². The van der Waals surface area contributed by atoms with Crippen LogP contribution in [0.15, 0.2) is 28.7 Å². The Morgan fingerprint density at radius 3 is 2.27 bits per heavy atom. The summed E-state index contributed by atoms with van der Waals surface area (Å²) in [5.41, 5.74) is 0.282. The molecule has 0 saturated carbocycles. The predicted molar refractivity (Wildman–Crippen MR) is 54.7 cm³/mol. The van der Waals surface area contributed by atoms with Crippen molar-refractivity contribution in [3.05, 3.63) is 44.4 Å². The zero-order chi connectivity index (χ0) is 11.4. The molecule has 0 amide bonds. The van der Waals surface area contributed by atoms with Crippen LogP contribution in [0, 0.1) is 10.1 Å². The normalized spacial score (nSPS) is 12.8. The molecule has 0 radical (unpaired) electrons. The van der Waals surface area contributed by atoms with E-state index < -0.39 is 23.8 Å². The molecule has 3 nitrogen and oxygen atoms in total. The lowest BCUT2D eigenvalue weighted by atomic mass is 10.00. The van der Waals surface area contributed by atoms with Crippen LogP contribution < -0.4 is 0 Å². The first-order chi connectivity index (χ1) is 7.00. The second-order valence-electron chi connectivity index (χ2n) is 3.01. The van der Waals surface area contributed by atoms with Crippen molar-refractivity contribution in [2.24, 2.45) is 0 Å². The van der Waals surface area contributed by atoms with E-state index in [1.54, 1.807) is 12.1 Å². The van der Waals surface area contributed by atoms with E-state index in [2.05, 4.69) is 15.9 Å². The maximum atomic E-state index is 12.5. The minimum atomic E-state index is -2.73. The Kier molecular flexibility index (Phi) is 4.14. The van der Waals surface area contributed by atoms with Gasteiger partial charge in [-0.3, -0.25) is 10.1 Å². The molecule has 0 bridgehead atoms. The third-order valence-electron chi connectivity index (χ3n) is 1.95. The monoisotopic (exact) mass is 279 g/mol. The van der Waals surface area contributed by atoms with Gasteiger partial charge in [0.1, 0.15) is 5.92 Å². The van der Waals surface area contributed by atoms with E-state index in [9.17, 15) is 18.9 Å². The molecule has 1 atom stereocenters. The van der Waals surface area contributed by atoms with Gasteiger partial charge in [-0.25, -0.2) is 8.78 Å². The molecule has 0 aliphatic heterocycles. The topological polar surface area (TPSA) is 43.1 Å².